The second-order valence-corrected chi connectivity index (χ2v) is 8.67. The minimum absolute atomic E-state index is 0.0830. The Morgan fingerprint density at radius 1 is 1.09 bits per heavy atom. The number of nitrogens with zero attached hydrogens (tertiary/aromatic N) is 3. The molecular formula is C23H21ClN6O4S. The summed E-state index contributed by atoms with van der Waals surface area (Å²) in [7, 11) is 0. The molecule has 4 rings (SSSR count). The monoisotopic (exact) mass is 512 g/mol. The van der Waals surface area contributed by atoms with Crippen molar-refractivity contribution in [3.63, 3.8) is 0 Å². The Labute approximate surface area is 208 Å². The molecule has 35 heavy (non-hydrogen) atoms. The number of amides is 1. The Hall–Kier alpha value is -3.83. The van der Waals surface area contributed by atoms with E-state index in [1.165, 1.54) is 17.8 Å². The predicted octanol–water partition coefficient (Wildman–Crippen LogP) is 3.02. The van der Waals surface area contributed by atoms with Crippen molar-refractivity contribution in [3.05, 3.63) is 92.0 Å². The summed E-state index contributed by atoms with van der Waals surface area (Å²) in [6.07, 6.45) is 0.150. The number of anilines is 1. The number of nitrogens with one attached hydrogen (secondary N) is 3. The summed E-state index contributed by atoms with van der Waals surface area (Å²) in [6.45, 7) is 2.44. The molecule has 2 aromatic heterocycles. The molecule has 180 valence electrons. The molecular weight excluding hydrogens is 492 g/mol. The number of carbonyl (C=O) groups is 1. The predicted molar refractivity (Wildman–Crippen MR) is 134 cm³/mol. The van der Waals surface area contributed by atoms with E-state index in [1.54, 1.807) is 28.8 Å². The van der Waals surface area contributed by atoms with Crippen LogP contribution in [0.1, 0.15) is 18.4 Å². The SMILES string of the molecule is CCOc1ccc(-n2c(Cc3cc(=O)[nH]c(=O)[nH]3)nnc2SCC(=O)Nc2ccc(Cl)cc2)cc1. The number of H-pyrrole nitrogens is 2. The lowest BCUT2D eigenvalue weighted by molar-refractivity contribution is -0.113. The number of ether oxygens (including phenoxy) is 1. The Bertz CT molecular complexity index is 1400. The van der Waals surface area contributed by atoms with E-state index in [1.807, 2.05) is 31.2 Å². The molecule has 12 heteroatoms. The van der Waals surface area contributed by atoms with E-state index in [0.717, 1.165) is 5.69 Å². The van der Waals surface area contributed by atoms with Gasteiger partial charge in [-0.3, -0.25) is 19.1 Å². The highest BCUT2D eigenvalue weighted by atomic mass is 35.5. The summed E-state index contributed by atoms with van der Waals surface area (Å²) in [5.41, 5.74) is 0.640. The molecule has 10 nitrogen and oxygen atoms in total. The molecule has 0 aliphatic rings. The van der Waals surface area contributed by atoms with Crippen molar-refractivity contribution in [3.8, 4) is 11.4 Å². The fourth-order valence-electron chi connectivity index (χ4n) is 3.27. The van der Waals surface area contributed by atoms with Gasteiger partial charge in [0.1, 0.15) is 11.6 Å². The van der Waals surface area contributed by atoms with Gasteiger partial charge < -0.3 is 15.0 Å². The van der Waals surface area contributed by atoms with Crippen LogP contribution in [-0.2, 0) is 11.2 Å². The second-order valence-electron chi connectivity index (χ2n) is 7.29. The molecule has 2 heterocycles. The maximum atomic E-state index is 12.5. The van der Waals surface area contributed by atoms with Crippen LogP contribution in [0.2, 0.25) is 5.02 Å². The van der Waals surface area contributed by atoms with E-state index in [0.29, 0.717) is 39.7 Å². The minimum atomic E-state index is -0.604. The molecule has 0 saturated carbocycles. The van der Waals surface area contributed by atoms with Gasteiger partial charge in [0.25, 0.3) is 5.56 Å². The van der Waals surface area contributed by atoms with Gasteiger partial charge in [-0.05, 0) is 55.5 Å². The number of hydrogen-bond acceptors (Lipinski definition) is 7. The summed E-state index contributed by atoms with van der Waals surface area (Å²) in [4.78, 5) is 40.6. The lowest BCUT2D eigenvalue weighted by Crippen LogP contribution is -2.23. The van der Waals surface area contributed by atoms with Crippen molar-refractivity contribution in [2.24, 2.45) is 0 Å². The quantitative estimate of drug-likeness (QED) is 0.293. The van der Waals surface area contributed by atoms with E-state index in [2.05, 4.69) is 25.5 Å². The highest BCUT2D eigenvalue weighted by Crippen LogP contribution is 2.25. The first-order chi connectivity index (χ1) is 16.9. The van der Waals surface area contributed by atoms with E-state index in [-0.39, 0.29) is 18.1 Å². The number of thioether (sulfide) groups is 1. The van der Waals surface area contributed by atoms with Gasteiger partial charge in [-0.15, -0.1) is 10.2 Å². The summed E-state index contributed by atoms with van der Waals surface area (Å²) >= 11 is 7.09. The van der Waals surface area contributed by atoms with Gasteiger partial charge in [0, 0.05) is 34.6 Å². The molecule has 0 saturated heterocycles. The Morgan fingerprint density at radius 3 is 2.51 bits per heavy atom. The highest BCUT2D eigenvalue weighted by Gasteiger charge is 2.17. The van der Waals surface area contributed by atoms with Crippen LogP contribution in [0.5, 0.6) is 5.75 Å². The molecule has 0 aliphatic carbocycles. The van der Waals surface area contributed by atoms with Crippen LogP contribution in [0.4, 0.5) is 5.69 Å². The van der Waals surface area contributed by atoms with Crippen LogP contribution >= 0.6 is 23.4 Å². The van der Waals surface area contributed by atoms with Crippen molar-refractivity contribution in [1.29, 1.82) is 0 Å². The summed E-state index contributed by atoms with van der Waals surface area (Å²) in [5, 5.41) is 12.4. The number of hydrogen-bond donors (Lipinski definition) is 3. The Kier molecular flexibility index (Phi) is 7.68. The number of halogens is 1. The fourth-order valence-corrected chi connectivity index (χ4v) is 4.17. The van der Waals surface area contributed by atoms with Gasteiger partial charge in [0.2, 0.25) is 5.91 Å². The van der Waals surface area contributed by atoms with E-state index in [9.17, 15) is 14.4 Å². The van der Waals surface area contributed by atoms with Crippen molar-refractivity contribution < 1.29 is 9.53 Å². The van der Waals surface area contributed by atoms with Gasteiger partial charge in [-0.1, -0.05) is 23.4 Å². The lowest BCUT2D eigenvalue weighted by Gasteiger charge is -2.11. The molecule has 0 fully saturated rings. The number of rotatable bonds is 9. The molecule has 0 atom stereocenters. The van der Waals surface area contributed by atoms with Crippen molar-refractivity contribution in [1.82, 2.24) is 24.7 Å². The van der Waals surface area contributed by atoms with Gasteiger partial charge in [0.05, 0.1) is 12.4 Å². The van der Waals surface area contributed by atoms with Crippen molar-refractivity contribution in [2.45, 2.75) is 18.5 Å². The molecule has 0 unspecified atom stereocenters. The van der Waals surface area contributed by atoms with Gasteiger partial charge >= 0.3 is 5.69 Å². The smallest absolute Gasteiger partial charge is 0.325 e. The lowest BCUT2D eigenvalue weighted by atomic mass is 10.2. The maximum Gasteiger partial charge on any atom is 0.325 e. The second kappa shape index (κ2) is 11.1. The topological polar surface area (TPSA) is 135 Å². The first-order valence-electron chi connectivity index (χ1n) is 10.6. The molecule has 4 aromatic rings. The highest BCUT2D eigenvalue weighted by molar-refractivity contribution is 7.99. The zero-order valence-electron chi connectivity index (χ0n) is 18.6. The number of carbonyl (C=O) groups excluding carboxylic acids is 1. The Balaban J connectivity index is 1.59. The van der Waals surface area contributed by atoms with Crippen LogP contribution in [0, 0.1) is 0 Å². The molecule has 3 N–H and O–H groups in total. The normalized spacial score (nSPS) is 10.8. The Morgan fingerprint density at radius 2 is 1.83 bits per heavy atom. The van der Waals surface area contributed by atoms with Crippen LogP contribution in [-0.4, -0.2) is 43.0 Å². The van der Waals surface area contributed by atoms with E-state index >= 15 is 0 Å². The zero-order valence-corrected chi connectivity index (χ0v) is 20.2. The fraction of sp³-hybridized carbons (Fsp3) is 0.174. The largest absolute Gasteiger partial charge is 0.494 e. The first kappa shape index (κ1) is 24.3. The standard InChI is InChI=1S/C23H21ClN6O4S/c1-2-34-18-9-7-17(8-10-18)30-19(11-16-12-20(31)27-22(33)26-16)28-29-23(30)35-13-21(32)25-15-5-3-14(24)4-6-15/h3-10,12H,2,11,13H2,1H3,(H,25,32)(H2,26,27,31,33). The molecule has 2 aromatic carbocycles. The van der Waals surface area contributed by atoms with Gasteiger partial charge in [-0.25, -0.2) is 4.79 Å². The average Bonchev–Trinajstić information content (AvgIpc) is 3.21. The number of aromatic amines is 2. The van der Waals surface area contributed by atoms with Crippen LogP contribution < -0.4 is 21.3 Å². The molecule has 0 aliphatic heterocycles. The summed E-state index contributed by atoms with van der Waals surface area (Å²) < 4.78 is 7.29. The van der Waals surface area contributed by atoms with E-state index < -0.39 is 11.2 Å². The van der Waals surface area contributed by atoms with Crippen molar-refractivity contribution >= 4 is 35.0 Å². The summed E-state index contributed by atoms with van der Waals surface area (Å²) in [5.74, 6) is 1.05. The van der Waals surface area contributed by atoms with Crippen LogP contribution in [0.3, 0.4) is 0 Å². The molecule has 0 radical (unpaired) electrons. The van der Waals surface area contributed by atoms with E-state index in [4.69, 9.17) is 16.3 Å². The maximum absolute atomic E-state index is 12.5. The first-order valence-corrected chi connectivity index (χ1v) is 12.0. The average molecular weight is 513 g/mol. The summed E-state index contributed by atoms with van der Waals surface area (Å²) in [6, 6.07) is 15.4. The van der Waals surface area contributed by atoms with Crippen LogP contribution in [0.15, 0.2) is 69.3 Å². The molecule has 0 bridgehead atoms. The van der Waals surface area contributed by atoms with Crippen molar-refractivity contribution in [2.75, 3.05) is 17.7 Å². The third-order valence-electron chi connectivity index (χ3n) is 4.73. The number of aromatic nitrogens is 5. The van der Waals surface area contributed by atoms with Gasteiger partial charge in [-0.2, -0.15) is 0 Å². The third kappa shape index (κ3) is 6.40. The minimum Gasteiger partial charge on any atom is -0.494 e. The van der Waals surface area contributed by atoms with Gasteiger partial charge in [0.15, 0.2) is 5.16 Å². The third-order valence-corrected chi connectivity index (χ3v) is 5.91. The molecule has 0 spiro atoms. The molecule has 1 amide bonds. The number of benzene rings is 2. The van der Waals surface area contributed by atoms with Crippen LogP contribution in [0.25, 0.3) is 5.69 Å². The zero-order chi connectivity index (χ0) is 24.8.